The number of aryl methyl sites for hydroxylation is 3. The van der Waals surface area contributed by atoms with Gasteiger partial charge in [-0.15, -0.1) is 0 Å². The fraction of sp³-hybridized carbons (Fsp3) is 0.300. The molecule has 0 unspecified atom stereocenters. The smallest absolute Gasteiger partial charge is 0.258 e. The summed E-state index contributed by atoms with van der Waals surface area (Å²) in [6.07, 6.45) is 1.90. The van der Waals surface area contributed by atoms with Gasteiger partial charge in [0, 0.05) is 23.4 Å². The second-order valence-electron chi connectivity index (χ2n) is 6.26. The maximum absolute atomic E-state index is 12.9. The standard InChI is InChI=1S/C20H21NO2/c1-13-6-7-18(11-14(13)2)20(23)21-10-4-5-16-8-9-17(15(3)22)12-19(16)21/h6-9,11-12H,4-5,10H2,1-3H3. The largest absolute Gasteiger partial charge is 0.308 e. The molecule has 0 bridgehead atoms. The van der Waals surface area contributed by atoms with Crippen molar-refractivity contribution in [3.63, 3.8) is 0 Å². The van der Waals surface area contributed by atoms with Crippen molar-refractivity contribution < 1.29 is 9.59 Å². The van der Waals surface area contributed by atoms with Crippen molar-refractivity contribution in [1.29, 1.82) is 0 Å². The summed E-state index contributed by atoms with van der Waals surface area (Å²) in [6, 6.07) is 11.5. The number of hydrogen-bond donors (Lipinski definition) is 0. The topological polar surface area (TPSA) is 37.4 Å². The lowest BCUT2D eigenvalue weighted by Gasteiger charge is -2.30. The molecule has 2 aromatic carbocycles. The molecule has 1 amide bonds. The molecule has 0 aliphatic carbocycles. The van der Waals surface area contributed by atoms with Gasteiger partial charge in [-0.05, 0) is 68.5 Å². The fourth-order valence-electron chi connectivity index (χ4n) is 3.03. The van der Waals surface area contributed by atoms with E-state index < -0.39 is 0 Å². The van der Waals surface area contributed by atoms with E-state index in [2.05, 4.69) is 0 Å². The molecule has 0 N–H and O–H groups in total. The lowest BCUT2D eigenvalue weighted by Crippen LogP contribution is -2.35. The minimum absolute atomic E-state index is 0.00903. The quantitative estimate of drug-likeness (QED) is 0.783. The number of anilines is 1. The van der Waals surface area contributed by atoms with E-state index in [0.717, 1.165) is 29.7 Å². The number of carbonyl (C=O) groups excluding carboxylic acids is 2. The lowest BCUT2D eigenvalue weighted by molar-refractivity contribution is 0.0981. The summed E-state index contributed by atoms with van der Waals surface area (Å²) in [5.74, 6) is 0.0340. The Balaban J connectivity index is 2.01. The Bertz CT molecular complexity index is 792. The van der Waals surface area contributed by atoms with Crippen LogP contribution in [0.15, 0.2) is 36.4 Å². The minimum Gasteiger partial charge on any atom is -0.308 e. The van der Waals surface area contributed by atoms with Crippen LogP contribution in [0, 0.1) is 13.8 Å². The number of rotatable bonds is 2. The van der Waals surface area contributed by atoms with Gasteiger partial charge in [0.15, 0.2) is 5.78 Å². The van der Waals surface area contributed by atoms with Crippen LogP contribution in [0.25, 0.3) is 0 Å². The average Bonchev–Trinajstić information content (AvgIpc) is 2.55. The first-order chi connectivity index (χ1) is 11.0. The molecule has 0 spiro atoms. The van der Waals surface area contributed by atoms with Gasteiger partial charge in [-0.25, -0.2) is 0 Å². The van der Waals surface area contributed by atoms with Gasteiger partial charge in [-0.2, -0.15) is 0 Å². The summed E-state index contributed by atoms with van der Waals surface area (Å²) in [6.45, 7) is 6.31. The SMILES string of the molecule is CC(=O)c1ccc2c(c1)N(C(=O)c1ccc(C)c(C)c1)CCC2. The fourth-order valence-corrected chi connectivity index (χ4v) is 3.03. The zero-order valence-electron chi connectivity index (χ0n) is 13.8. The second kappa shape index (κ2) is 5.99. The molecule has 1 aliphatic rings. The van der Waals surface area contributed by atoms with Crippen LogP contribution < -0.4 is 4.90 Å². The third kappa shape index (κ3) is 2.91. The molecule has 3 rings (SSSR count). The number of nitrogens with zero attached hydrogens (tertiary/aromatic N) is 1. The zero-order valence-corrected chi connectivity index (χ0v) is 13.8. The van der Waals surface area contributed by atoms with Crippen molar-refractivity contribution in [2.45, 2.75) is 33.6 Å². The van der Waals surface area contributed by atoms with Crippen molar-refractivity contribution in [2.24, 2.45) is 0 Å². The maximum Gasteiger partial charge on any atom is 0.258 e. The number of hydrogen-bond acceptors (Lipinski definition) is 2. The molecule has 0 saturated heterocycles. The van der Waals surface area contributed by atoms with Crippen LogP contribution in [0.2, 0.25) is 0 Å². The summed E-state index contributed by atoms with van der Waals surface area (Å²) >= 11 is 0. The zero-order chi connectivity index (χ0) is 16.6. The summed E-state index contributed by atoms with van der Waals surface area (Å²) in [7, 11) is 0. The molecule has 3 nitrogen and oxygen atoms in total. The van der Waals surface area contributed by atoms with Gasteiger partial charge in [-0.3, -0.25) is 9.59 Å². The number of amides is 1. The Kier molecular flexibility index (Phi) is 4.03. The number of Topliss-reactive ketones (excluding diaryl/α,β-unsaturated/α-hetero) is 1. The Morgan fingerprint density at radius 3 is 2.39 bits per heavy atom. The summed E-state index contributed by atoms with van der Waals surface area (Å²) in [4.78, 5) is 26.4. The van der Waals surface area contributed by atoms with Crippen molar-refractivity contribution in [2.75, 3.05) is 11.4 Å². The predicted molar refractivity (Wildman–Crippen MR) is 92.4 cm³/mol. The third-order valence-corrected chi connectivity index (χ3v) is 4.61. The number of carbonyl (C=O) groups is 2. The van der Waals surface area contributed by atoms with Crippen LogP contribution >= 0.6 is 0 Å². The summed E-state index contributed by atoms with van der Waals surface area (Å²) in [5.41, 5.74) is 5.67. The number of benzene rings is 2. The monoisotopic (exact) mass is 307 g/mol. The van der Waals surface area contributed by atoms with E-state index in [1.165, 1.54) is 5.56 Å². The Hall–Kier alpha value is -2.42. The van der Waals surface area contributed by atoms with Crippen LogP contribution in [0.5, 0.6) is 0 Å². The van der Waals surface area contributed by atoms with Gasteiger partial charge < -0.3 is 4.90 Å². The highest BCUT2D eigenvalue weighted by Crippen LogP contribution is 2.30. The third-order valence-electron chi connectivity index (χ3n) is 4.61. The van der Waals surface area contributed by atoms with Crippen molar-refractivity contribution in [3.05, 3.63) is 64.2 Å². The molecule has 3 heteroatoms. The van der Waals surface area contributed by atoms with E-state index >= 15 is 0 Å². The molecular weight excluding hydrogens is 286 g/mol. The first-order valence-electron chi connectivity index (χ1n) is 8.00. The van der Waals surface area contributed by atoms with Crippen molar-refractivity contribution in [1.82, 2.24) is 0 Å². The number of fused-ring (bicyclic) bond motifs is 1. The lowest BCUT2D eigenvalue weighted by atomic mass is 9.97. The van der Waals surface area contributed by atoms with Gasteiger partial charge in [0.2, 0.25) is 0 Å². The van der Waals surface area contributed by atoms with Gasteiger partial charge in [0.1, 0.15) is 0 Å². The van der Waals surface area contributed by atoms with Gasteiger partial charge in [-0.1, -0.05) is 18.2 Å². The molecule has 0 saturated carbocycles. The normalized spacial score (nSPS) is 13.6. The summed E-state index contributed by atoms with van der Waals surface area (Å²) in [5, 5.41) is 0. The van der Waals surface area contributed by atoms with E-state index in [9.17, 15) is 9.59 Å². The first-order valence-corrected chi connectivity index (χ1v) is 8.00. The van der Waals surface area contributed by atoms with Crippen LogP contribution in [-0.4, -0.2) is 18.2 Å². The van der Waals surface area contributed by atoms with E-state index in [4.69, 9.17) is 0 Å². The van der Waals surface area contributed by atoms with Crippen LogP contribution in [0.3, 0.4) is 0 Å². The molecular formula is C20H21NO2. The van der Waals surface area contributed by atoms with Gasteiger partial charge in [0.25, 0.3) is 5.91 Å². The molecule has 0 atom stereocenters. The van der Waals surface area contributed by atoms with E-state index in [1.807, 2.05) is 55.1 Å². The maximum atomic E-state index is 12.9. The van der Waals surface area contributed by atoms with Crippen LogP contribution in [0.1, 0.15) is 50.8 Å². The molecule has 23 heavy (non-hydrogen) atoms. The van der Waals surface area contributed by atoms with Crippen LogP contribution in [-0.2, 0) is 6.42 Å². The highest BCUT2D eigenvalue weighted by Gasteiger charge is 2.24. The predicted octanol–water partition coefficient (Wildman–Crippen LogP) is 4.10. The Morgan fingerprint density at radius 2 is 1.70 bits per heavy atom. The second-order valence-corrected chi connectivity index (χ2v) is 6.26. The highest BCUT2D eigenvalue weighted by molar-refractivity contribution is 6.07. The van der Waals surface area contributed by atoms with E-state index in [1.54, 1.807) is 6.92 Å². The highest BCUT2D eigenvalue weighted by atomic mass is 16.2. The molecule has 0 aromatic heterocycles. The molecule has 1 heterocycles. The molecule has 118 valence electrons. The van der Waals surface area contributed by atoms with Crippen LogP contribution in [0.4, 0.5) is 5.69 Å². The average molecular weight is 307 g/mol. The molecule has 1 aliphatic heterocycles. The molecule has 0 radical (unpaired) electrons. The van der Waals surface area contributed by atoms with Crippen molar-refractivity contribution >= 4 is 17.4 Å². The molecule has 0 fully saturated rings. The van der Waals surface area contributed by atoms with Crippen molar-refractivity contribution in [3.8, 4) is 0 Å². The van der Waals surface area contributed by atoms with E-state index in [0.29, 0.717) is 17.7 Å². The minimum atomic E-state index is 0.00903. The summed E-state index contributed by atoms with van der Waals surface area (Å²) < 4.78 is 0. The number of ketones is 1. The first kappa shape index (κ1) is 15.5. The van der Waals surface area contributed by atoms with Gasteiger partial charge in [0.05, 0.1) is 0 Å². The molecule has 2 aromatic rings. The van der Waals surface area contributed by atoms with Gasteiger partial charge >= 0.3 is 0 Å². The Morgan fingerprint density at radius 1 is 0.957 bits per heavy atom. The van der Waals surface area contributed by atoms with E-state index in [-0.39, 0.29) is 11.7 Å². The Labute approximate surface area is 136 Å².